The zero-order valence-electron chi connectivity index (χ0n) is 19.7. The fourth-order valence-corrected chi connectivity index (χ4v) is 3.95. The number of carbonyl (C=O) groups is 1. The van der Waals surface area contributed by atoms with E-state index in [1.807, 2.05) is 76.2 Å². The molecule has 0 heterocycles. The van der Waals surface area contributed by atoms with Gasteiger partial charge >= 0.3 is 0 Å². The first kappa shape index (κ1) is 25.1. The summed E-state index contributed by atoms with van der Waals surface area (Å²) in [4.78, 5) is 12.8. The molecule has 0 aromatic heterocycles. The number of amides is 1. The molecule has 0 unspecified atom stereocenters. The van der Waals surface area contributed by atoms with E-state index in [2.05, 4.69) is 21.2 Å². The molecule has 174 valence electrons. The summed E-state index contributed by atoms with van der Waals surface area (Å²) in [6, 6.07) is 19.4. The van der Waals surface area contributed by atoms with Gasteiger partial charge in [-0.2, -0.15) is 5.26 Å². The molecule has 0 radical (unpaired) electrons. The van der Waals surface area contributed by atoms with Gasteiger partial charge in [0.05, 0.1) is 11.1 Å². The maximum Gasteiger partial charge on any atom is 0.266 e. The molecule has 3 rings (SSSR count). The average molecular weight is 519 g/mol. The van der Waals surface area contributed by atoms with Crippen molar-refractivity contribution in [1.82, 2.24) is 0 Å². The largest absolute Gasteiger partial charge is 0.490 e. The van der Waals surface area contributed by atoms with Crippen LogP contribution in [0.5, 0.6) is 11.5 Å². The van der Waals surface area contributed by atoms with Gasteiger partial charge in [-0.3, -0.25) is 4.79 Å². The van der Waals surface area contributed by atoms with Crippen LogP contribution in [0.25, 0.3) is 6.08 Å². The minimum absolute atomic E-state index is 0.0114. The SMILES string of the molecule is CCOc1cc(/C=C(/C#N)C(=O)Nc2ccc(C)cc2C)cc(Br)c1OCc1ccc(C)cc1. The van der Waals surface area contributed by atoms with Crippen LogP contribution in [-0.2, 0) is 11.4 Å². The Bertz CT molecular complexity index is 1260. The molecular weight excluding hydrogens is 492 g/mol. The Labute approximate surface area is 209 Å². The second kappa shape index (κ2) is 11.5. The van der Waals surface area contributed by atoms with Crippen molar-refractivity contribution in [1.29, 1.82) is 5.26 Å². The van der Waals surface area contributed by atoms with Crippen LogP contribution >= 0.6 is 15.9 Å². The van der Waals surface area contributed by atoms with Crippen molar-refractivity contribution in [2.24, 2.45) is 0 Å². The van der Waals surface area contributed by atoms with Gasteiger partial charge in [-0.1, -0.05) is 47.5 Å². The molecular formula is C28H27BrN2O3. The first-order valence-electron chi connectivity index (χ1n) is 11.0. The zero-order chi connectivity index (χ0) is 24.7. The maximum atomic E-state index is 12.8. The van der Waals surface area contributed by atoms with Crippen LogP contribution in [-0.4, -0.2) is 12.5 Å². The third-order valence-electron chi connectivity index (χ3n) is 5.14. The summed E-state index contributed by atoms with van der Waals surface area (Å²) in [5, 5.41) is 12.4. The third kappa shape index (κ3) is 6.49. The average Bonchev–Trinajstić information content (AvgIpc) is 2.80. The number of nitrogens with one attached hydrogen (secondary N) is 1. The molecule has 34 heavy (non-hydrogen) atoms. The standard InChI is InChI=1S/C28H27BrN2O3/c1-5-33-26-15-22(14-24(29)27(26)34-17-21-9-6-18(2)7-10-21)13-23(16-30)28(32)31-25-11-8-19(3)12-20(25)4/h6-15H,5,17H2,1-4H3,(H,31,32)/b23-13-. The number of carbonyl (C=O) groups excluding carboxylic acids is 1. The molecule has 3 aromatic carbocycles. The molecule has 1 N–H and O–H groups in total. The second-order valence-corrected chi connectivity index (χ2v) is 8.83. The molecule has 0 fully saturated rings. The van der Waals surface area contributed by atoms with Crippen molar-refractivity contribution in [3.8, 4) is 17.6 Å². The topological polar surface area (TPSA) is 71.3 Å². The summed E-state index contributed by atoms with van der Waals surface area (Å²) in [6.45, 7) is 8.66. The highest BCUT2D eigenvalue weighted by molar-refractivity contribution is 9.10. The van der Waals surface area contributed by atoms with Crippen molar-refractivity contribution < 1.29 is 14.3 Å². The quantitative estimate of drug-likeness (QED) is 0.260. The molecule has 0 aliphatic heterocycles. The first-order chi connectivity index (χ1) is 16.3. The van der Waals surface area contributed by atoms with Crippen LogP contribution in [0, 0.1) is 32.1 Å². The number of nitrogens with zero attached hydrogens (tertiary/aromatic N) is 1. The minimum Gasteiger partial charge on any atom is -0.490 e. The summed E-state index contributed by atoms with van der Waals surface area (Å²) in [5.41, 5.74) is 5.57. The van der Waals surface area contributed by atoms with Gasteiger partial charge in [-0.15, -0.1) is 0 Å². The Morgan fingerprint density at radius 3 is 2.38 bits per heavy atom. The molecule has 0 aliphatic rings. The summed E-state index contributed by atoms with van der Waals surface area (Å²) in [5.74, 6) is 0.628. The lowest BCUT2D eigenvalue weighted by atomic mass is 10.1. The van der Waals surface area contributed by atoms with E-state index in [4.69, 9.17) is 9.47 Å². The molecule has 1 amide bonds. The molecule has 0 bridgehead atoms. The molecule has 6 heteroatoms. The molecule has 3 aromatic rings. The van der Waals surface area contributed by atoms with E-state index >= 15 is 0 Å². The Balaban J connectivity index is 1.85. The van der Waals surface area contributed by atoms with E-state index in [0.717, 1.165) is 16.7 Å². The number of anilines is 1. The minimum atomic E-state index is -0.469. The number of hydrogen-bond acceptors (Lipinski definition) is 4. The molecule has 0 aliphatic carbocycles. The first-order valence-corrected chi connectivity index (χ1v) is 11.7. The normalized spacial score (nSPS) is 11.0. The highest BCUT2D eigenvalue weighted by atomic mass is 79.9. The number of benzene rings is 3. The highest BCUT2D eigenvalue weighted by Gasteiger charge is 2.15. The monoisotopic (exact) mass is 518 g/mol. The summed E-state index contributed by atoms with van der Waals surface area (Å²) in [6.07, 6.45) is 1.54. The van der Waals surface area contributed by atoms with Crippen molar-refractivity contribution in [2.45, 2.75) is 34.3 Å². The van der Waals surface area contributed by atoms with Crippen LogP contribution < -0.4 is 14.8 Å². The zero-order valence-corrected chi connectivity index (χ0v) is 21.3. The van der Waals surface area contributed by atoms with E-state index in [1.54, 1.807) is 12.1 Å². The lowest BCUT2D eigenvalue weighted by molar-refractivity contribution is -0.112. The predicted molar refractivity (Wildman–Crippen MR) is 139 cm³/mol. The van der Waals surface area contributed by atoms with Gasteiger partial charge in [-0.05, 0) is 84.6 Å². The van der Waals surface area contributed by atoms with E-state index in [9.17, 15) is 10.1 Å². The molecule has 0 atom stereocenters. The van der Waals surface area contributed by atoms with E-state index < -0.39 is 5.91 Å². The van der Waals surface area contributed by atoms with Gasteiger partial charge in [0, 0.05) is 5.69 Å². The van der Waals surface area contributed by atoms with Crippen molar-refractivity contribution in [2.75, 3.05) is 11.9 Å². The lowest BCUT2D eigenvalue weighted by Gasteiger charge is -2.15. The van der Waals surface area contributed by atoms with E-state index in [1.165, 1.54) is 11.6 Å². The van der Waals surface area contributed by atoms with Crippen LogP contribution in [0.15, 0.2) is 64.6 Å². The Kier molecular flexibility index (Phi) is 8.50. The number of hydrogen-bond donors (Lipinski definition) is 1. The van der Waals surface area contributed by atoms with Gasteiger partial charge < -0.3 is 14.8 Å². The molecule has 0 saturated heterocycles. The molecule has 0 spiro atoms. The van der Waals surface area contributed by atoms with Crippen LogP contribution in [0.4, 0.5) is 5.69 Å². The van der Waals surface area contributed by atoms with Gasteiger partial charge in [0.2, 0.25) is 0 Å². The fourth-order valence-electron chi connectivity index (χ4n) is 3.37. The Morgan fingerprint density at radius 2 is 1.74 bits per heavy atom. The van der Waals surface area contributed by atoms with Gasteiger partial charge in [0.15, 0.2) is 11.5 Å². The van der Waals surface area contributed by atoms with E-state index in [0.29, 0.717) is 40.4 Å². The molecule has 0 saturated carbocycles. The van der Waals surface area contributed by atoms with Gasteiger partial charge in [0.1, 0.15) is 18.2 Å². The van der Waals surface area contributed by atoms with Crippen LogP contribution in [0.2, 0.25) is 0 Å². The third-order valence-corrected chi connectivity index (χ3v) is 5.73. The van der Waals surface area contributed by atoms with Gasteiger partial charge in [-0.25, -0.2) is 0 Å². The lowest BCUT2D eigenvalue weighted by Crippen LogP contribution is -2.14. The smallest absolute Gasteiger partial charge is 0.266 e. The predicted octanol–water partition coefficient (Wildman–Crippen LogP) is 6.90. The summed E-state index contributed by atoms with van der Waals surface area (Å²) in [7, 11) is 0. The van der Waals surface area contributed by atoms with E-state index in [-0.39, 0.29) is 5.57 Å². The van der Waals surface area contributed by atoms with Crippen molar-refractivity contribution >= 4 is 33.6 Å². The second-order valence-electron chi connectivity index (χ2n) is 7.98. The summed E-state index contributed by atoms with van der Waals surface area (Å²) < 4.78 is 12.5. The van der Waals surface area contributed by atoms with Crippen LogP contribution in [0.3, 0.4) is 0 Å². The number of halogens is 1. The van der Waals surface area contributed by atoms with Crippen LogP contribution in [0.1, 0.15) is 34.7 Å². The highest BCUT2D eigenvalue weighted by Crippen LogP contribution is 2.38. The molecule has 5 nitrogen and oxygen atoms in total. The number of rotatable bonds is 8. The van der Waals surface area contributed by atoms with Crippen molar-refractivity contribution in [3.05, 3.63) is 92.5 Å². The van der Waals surface area contributed by atoms with Gasteiger partial charge in [0.25, 0.3) is 5.91 Å². The number of ether oxygens (including phenoxy) is 2. The number of aryl methyl sites for hydroxylation is 3. The van der Waals surface area contributed by atoms with Crippen molar-refractivity contribution in [3.63, 3.8) is 0 Å². The summed E-state index contributed by atoms with van der Waals surface area (Å²) >= 11 is 3.55. The Hall–Kier alpha value is -3.56. The maximum absolute atomic E-state index is 12.8. The Morgan fingerprint density at radius 1 is 1.03 bits per heavy atom. The number of nitriles is 1. The fraction of sp³-hybridized carbons (Fsp3) is 0.214.